The lowest BCUT2D eigenvalue weighted by Crippen LogP contribution is -1.95. The Balaban J connectivity index is 1.93. The van der Waals surface area contributed by atoms with Crippen LogP contribution in [0.15, 0.2) is 48.7 Å². The number of benzene rings is 1. The average Bonchev–Trinajstić information content (AvgIpc) is 3.00. The normalized spacial score (nSPS) is 11.4. The molecule has 4 aromatic rings. The molecule has 92 valence electrons. The van der Waals surface area contributed by atoms with Crippen molar-refractivity contribution in [3.05, 3.63) is 48.7 Å². The van der Waals surface area contributed by atoms with Gasteiger partial charge in [-0.05, 0) is 29.7 Å². The topological polar surface area (TPSA) is 56.2 Å². The number of anilines is 1. The van der Waals surface area contributed by atoms with Crippen molar-refractivity contribution in [1.82, 2.24) is 14.6 Å². The van der Waals surface area contributed by atoms with Crippen LogP contribution in [-0.2, 0) is 0 Å². The van der Waals surface area contributed by atoms with Crippen LogP contribution in [0.5, 0.6) is 0 Å². The summed E-state index contributed by atoms with van der Waals surface area (Å²) in [5.41, 5.74) is 7.41. The Hall–Kier alpha value is -2.40. The van der Waals surface area contributed by atoms with Crippen LogP contribution < -0.4 is 5.73 Å². The molecule has 0 radical (unpaired) electrons. The molecule has 0 amide bonds. The van der Waals surface area contributed by atoms with E-state index in [4.69, 9.17) is 5.73 Å². The van der Waals surface area contributed by atoms with Gasteiger partial charge in [-0.1, -0.05) is 18.2 Å². The van der Waals surface area contributed by atoms with Gasteiger partial charge in [-0.3, -0.25) is 0 Å². The summed E-state index contributed by atoms with van der Waals surface area (Å²) in [5.74, 6) is 0.493. The minimum atomic E-state index is 0.493. The third-order valence-corrected chi connectivity index (χ3v) is 4.16. The van der Waals surface area contributed by atoms with Crippen LogP contribution in [0.1, 0.15) is 0 Å². The highest BCUT2D eigenvalue weighted by Crippen LogP contribution is 2.32. The summed E-state index contributed by atoms with van der Waals surface area (Å²) >= 11 is 1.73. The van der Waals surface area contributed by atoms with E-state index < -0.39 is 0 Å². The maximum absolute atomic E-state index is 5.68. The average molecular weight is 266 g/mol. The molecule has 3 aromatic heterocycles. The van der Waals surface area contributed by atoms with Crippen molar-refractivity contribution >= 4 is 32.9 Å². The molecular formula is C14H10N4S. The fraction of sp³-hybridized carbons (Fsp3) is 0. The number of nitrogens with two attached hydrogens (primary N) is 1. The zero-order chi connectivity index (χ0) is 12.8. The summed E-state index contributed by atoms with van der Waals surface area (Å²) in [6.07, 6.45) is 1.91. The van der Waals surface area contributed by atoms with Crippen LogP contribution in [0.25, 0.3) is 26.3 Å². The van der Waals surface area contributed by atoms with Gasteiger partial charge in [-0.25, -0.2) is 9.50 Å². The molecule has 0 bridgehead atoms. The highest BCUT2D eigenvalue weighted by Gasteiger charge is 2.08. The molecule has 0 aliphatic rings. The van der Waals surface area contributed by atoms with Crippen molar-refractivity contribution in [1.29, 1.82) is 0 Å². The summed E-state index contributed by atoms with van der Waals surface area (Å²) in [4.78, 5) is 5.72. The van der Waals surface area contributed by atoms with Gasteiger partial charge in [0.25, 0.3) is 0 Å². The van der Waals surface area contributed by atoms with Gasteiger partial charge in [0.15, 0.2) is 5.65 Å². The van der Waals surface area contributed by atoms with Crippen LogP contribution in [0.2, 0.25) is 0 Å². The molecule has 5 heteroatoms. The van der Waals surface area contributed by atoms with Gasteiger partial charge in [-0.15, -0.1) is 16.4 Å². The smallest absolute Gasteiger partial charge is 0.154 e. The van der Waals surface area contributed by atoms with Crippen LogP contribution in [0.4, 0.5) is 5.82 Å². The molecule has 2 N–H and O–H groups in total. The molecule has 0 unspecified atom stereocenters. The maximum atomic E-state index is 5.68. The van der Waals surface area contributed by atoms with Gasteiger partial charge in [0.1, 0.15) is 11.5 Å². The minimum Gasteiger partial charge on any atom is -0.382 e. The van der Waals surface area contributed by atoms with Gasteiger partial charge in [0.05, 0.1) is 11.1 Å². The minimum absolute atomic E-state index is 0.493. The first-order valence-corrected chi connectivity index (χ1v) is 6.72. The molecule has 0 spiro atoms. The summed E-state index contributed by atoms with van der Waals surface area (Å²) in [5, 5.41) is 5.45. The lowest BCUT2D eigenvalue weighted by Gasteiger charge is -1.91. The quantitative estimate of drug-likeness (QED) is 0.575. The molecule has 3 heterocycles. The number of thiophene rings is 1. The van der Waals surface area contributed by atoms with E-state index in [1.54, 1.807) is 21.9 Å². The van der Waals surface area contributed by atoms with E-state index in [1.807, 2.05) is 18.3 Å². The van der Waals surface area contributed by atoms with E-state index in [1.165, 1.54) is 10.1 Å². The molecule has 0 aliphatic carbocycles. The lowest BCUT2D eigenvalue weighted by atomic mass is 10.2. The standard InChI is InChI=1S/C14H10N4S/c15-13-5-6-14-16-10(8-18(14)17-13)12-7-9-3-1-2-4-11(9)19-12/h1-8H,(H2,15,17). The molecule has 4 rings (SSSR count). The maximum Gasteiger partial charge on any atom is 0.154 e. The van der Waals surface area contributed by atoms with Crippen molar-refractivity contribution < 1.29 is 0 Å². The Morgan fingerprint density at radius 2 is 2.00 bits per heavy atom. The molecule has 19 heavy (non-hydrogen) atoms. The van der Waals surface area contributed by atoms with E-state index in [0.717, 1.165) is 16.2 Å². The number of rotatable bonds is 1. The first kappa shape index (κ1) is 10.5. The Morgan fingerprint density at radius 3 is 2.89 bits per heavy atom. The van der Waals surface area contributed by atoms with Crippen molar-refractivity contribution in [3.8, 4) is 10.6 Å². The number of nitrogen functional groups attached to an aromatic ring is 1. The second-order valence-electron chi connectivity index (χ2n) is 4.34. The second-order valence-corrected chi connectivity index (χ2v) is 5.42. The summed E-state index contributed by atoms with van der Waals surface area (Å²) in [7, 11) is 0. The third-order valence-electron chi connectivity index (χ3n) is 3.02. The Kier molecular flexibility index (Phi) is 2.10. The molecule has 4 nitrogen and oxygen atoms in total. The van der Waals surface area contributed by atoms with Crippen molar-refractivity contribution in [2.75, 3.05) is 5.73 Å². The molecule has 0 fully saturated rings. The van der Waals surface area contributed by atoms with E-state index in [0.29, 0.717) is 5.82 Å². The molecule has 0 aliphatic heterocycles. The zero-order valence-corrected chi connectivity index (χ0v) is 10.8. The van der Waals surface area contributed by atoms with E-state index in [-0.39, 0.29) is 0 Å². The number of aromatic nitrogens is 3. The van der Waals surface area contributed by atoms with Crippen LogP contribution in [0.3, 0.4) is 0 Å². The van der Waals surface area contributed by atoms with Crippen LogP contribution in [-0.4, -0.2) is 14.6 Å². The van der Waals surface area contributed by atoms with Gasteiger partial charge >= 0.3 is 0 Å². The molecule has 1 aromatic carbocycles. The highest BCUT2D eigenvalue weighted by molar-refractivity contribution is 7.22. The number of imidazole rings is 1. The SMILES string of the molecule is Nc1ccc2nc(-c3cc4ccccc4s3)cn2n1. The van der Waals surface area contributed by atoms with E-state index in [2.05, 4.69) is 34.3 Å². The van der Waals surface area contributed by atoms with Gasteiger partial charge < -0.3 is 5.73 Å². The third kappa shape index (κ3) is 1.67. The number of hydrogen-bond acceptors (Lipinski definition) is 4. The van der Waals surface area contributed by atoms with Crippen molar-refractivity contribution in [3.63, 3.8) is 0 Å². The number of hydrogen-bond donors (Lipinski definition) is 1. The summed E-state index contributed by atoms with van der Waals surface area (Å²) < 4.78 is 2.98. The predicted molar refractivity (Wildman–Crippen MR) is 78.2 cm³/mol. The van der Waals surface area contributed by atoms with Crippen LogP contribution in [0, 0.1) is 0 Å². The second kappa shape index (κ2) is 3.80. The fourth-order valence-corrected chi connectivity index (χ4v) is 3.14. The van der Waals surface area contributed by atoms with Gasteiger partial charge in [-0.2, -0.15) is 0 Å². The summed E-state index contributed by atoms with van der Waals surface area (Å²) in [6, 6.07) is 14.1. The molecule has 0 saturated heterocycles. The fourth-order valence-electron chi connectivity index (χ4n) is 2.12. The zero-order valence-electron chi connectivity index (χ0n) is 9.95. The highest BCUT2D eigenvalue weighted by atomic mass is 32.1. The first-order valence-electron chi connectivity index (χ1n) is 5.90. The Labute approximate surface area is 113 Å². The molecule has 0 atom stereocenters. The summed E-state index contributed by atoms with van der Waals surface area (Å²) in [6.45, 7) is 0. The van der Waals surface area contributed by atoms with Crippen molar-refractivity contribution in [2.45, 2.75) is 0 Å². The number of nitrogens with zero attached hydrogens (tertiary/aromatic N) is 3. The molecular weight excluding hydrogens is 256 g/mol. The van der Waals surface area contributed by atoms with Crippen LogP contribution >= 0.6 is 11.3 Å². The molecule has 0 saturated carbocycles. The van der Waals surface area contributed by atoms with Crippen molar-refractivity contribution in [2.24, 2.45) is 0 Å². The monoisotopic (exact) mass is 266 g/mol. The van der Waals surface area contributed by atoms with Gasteiger partial charge in [0.2, 0.25) is 0 Å². The lowest BCUT2D eigenvalue weighted by molar-refractivity contribution is 0.946. The predicted octanol–water partition coefficient (Wildman–Crippen LogP) is 3.19. The Bertz CT molecular complexity index is 858. The van der Waals surface area contributed by atoms with E-state index in [9.17, 15) is 0 Å². The number of fused-ring (bicyclic) bond motifs is 2. The first-order chi connectivity index (χ1) is 9.29. The van der Waals surface area contributed by atoms with E-state index >= 15 is 0 Å². The Morgan fingerprint density at radius 1 is 1.11 bits per heavy atom. The van der Waals surface area contributed by atoms with Gasteiger partial charge in [0, 0.05) is 4.70 Å². The largest absolute Gasteiger partial charge is 0.382 e.